The molecule has 2 aromatic rings. The molecule has 0 radical (unpaired) electrons. The molecule has 5 nitrogen and oxygen atoms in total. The number of aromatic nitrogens is 1. The maximum atomic E-state index is 13.3. The number of carboxylic acids is 1. The van der Waals surface area contributed by atoms with Crippen LogP contribution in [0.25, 0.3) is 0 Å². The van der Waals surface area contributed by atoms with E-state index in [2.05, 4.69) is 10.3 Å². The van der Waals surface area contributed by atoms with Crippen molar-refractivity contribution in [1.82, 2.24) is 10.3 Å². The van der Waals surface area contributed by atoms with E-state index >= 15 is 0 Å². The predicted octanol–water partition coefficient (Wildman–Crippen LogP) is 3.02. The Hall–Kier alpha value is -2.28. The number of benzene rings is 1. The smallest absolute Gasteiger partial charge is 0.330 e. The van der Waals surface area contributed by atoms with Gasteiger partial charge in [0.05, 0.1) is 10.7 Å². The summed E-state index contributed by atoms with van der Waals surface area (Å²) in [7, 11) is 0. The highest BCUT2D eigenvalue weighted by atomic mass is 32.1. The van der Waals surface area contributed by atoms with Gasteiger partial charge < -0.3 is 10.4 Å². The van der Waals surface area contributed by atoms with Gasteiger partial charge in [0.25, 0.3) is 5.91 Å². The highest BCUT2D eigenvalue weighted by Gasteiger charge is 2.25. The highest BCUT2D eigenvalue weighted by molar-refractivity contribution is 7.13. The first-order valence-electron chi connectivity index (χ1n) is 7.09. The first-order valence-corrected chi connectivity index (χ1v) is 7.91. The summed E-state index contributed by atoms with van der Waals surface area (Å²) in [5.41, 5.74) is 1.22. The molecule has 0 aliphatic rings. The fourth-order valence-electron chi connectivity index (χ4n) is 2.15. The van der Waals surface area contributed by atoms with Gasteiger partial charge >= 0.3 is 5.97 Å². The largest absolute Gasteiger partial charge is 0.479 e. The lowest BCUT2D eigenvalue weighted by Crippen LogP contribution is -2.33. The van der Waals surface area contributed by atoms with Crippen molar-refractivity contribution in [3.63, 3.8) is 0 Å². The van der Waals surface area contributed by atoms with Crippen LogP contribution in [0.2, 0.25) is 0 Å². The molecule has 1 aromatic heterocycles. The van der Waals surface area contributed by atoms with Gasteiger partial charge in [0.15, 0.2) is 6.04 Å². The second-order valence-electron chi connectivity index (χ2n) is 5.13. The maximum absolute atomic E-state index is 13.3. The zero-order valence-electron chi connectivity index (χ0n) is 13.0. The maximum Gasteiger partial charge on any atom is 0.330 e. The van der Waals surface area contributed by atoms with E-state index in [4.69, 9.17) is 0 Å². The van der Waals surface area contributed by atoms with Gasteiger partial charge in [0.2, 0.25) is 0 Å². The SMILES string of the molecule is CCc1nc(C)c(C(=O)NC(C(=O)O)c2ccc(F)c(C)c2)s1. The van der Waals surface area contributed by atoms with Crippen molar-refractivity contribution in [1.29, 1.82) is 0 Å². The number of carbonyl (C=O) groups is 2. The van der Waals surface area contributed by atoms with E-state index in [1.165, 1.54) is 29.5 Å². The Morgan fingerprint density at radius 1 is 1.39 bits per heavy atom. The molecule has 2 rings (SSSR count). The topological polar surface area (TPSA) is 79.3 Å². The molecule has 23 heavy (non-hydrogen) atoms. The summed E-state index contributed by atoms with van der Waals surface area (Å²) in [6.45, 7) is 5.18. The molecule has 1 unspecified atom stereocenters. The fraction of sp³-hybridized carbons (Fsp3) is 0.312. The zero-order chi connectivity index (χ0) is 17.1. The van der Waals surface area contributed by atoms with Crippen LogP contribution in [-0.4, -0.2) is 22.0 Å². The van der Waals surface area contributed by atoms with Gasteiger partial charge in [-0.3, -0.25) is 4.79 Å². The third kappa shape index (κ3) is 3.73. The lowest BCUT2D eigenvalue weighted by atomic mass is 10.0. The number of nitrogens with one attached hydrogen (secondary N) is 1. The van der Waals surface area contributed by atoms with Crippen LogP contribution in [0.5, 0.6) is 0 Å². The van der Waals surface area contributed by atoms with Crippen molar-refractivity contribution in [2.24, 2.45) is 0 Å². The van der Waals surface area contributed by atoms with Crippen LogP contribution in [-0.2, 0) is 11.2 Å². The normalized spacial score (nSPS) is 12.0. The Morgan fingerprint density at radius 2 is 2.09 bits per heavy atom. The van der Waals surface area contributed by atoms with E-state index < -0.39 is 23.7 Å². The number of thiazole rings is 1. The van der Waals surface area contributed by atoms with Crippen molar-refractivity contribution in [3.05, 3.63) is 50.7 Å². The molecule has 0 fully saturated rings. The van der Waals surface area contributed by atoms with Crippen molar-refractivity contribution in [2.75, 3.05) is 0 Å². The second-order valence-corrected chi connectivity index (χ2v) is 6.21. The molecule has 7 heteroatoms. The van der Waals surface area contributed by atoms with Gasteiger partial charge in [0, 0.05) is 0 Å². The van der Waals surface area contributed by atoms with E-state index in [1.54, 1.807) is 13.8 Å². The van der Waals surface area contributed by atoms with Crippen LogP contribution in [0, 0.1) is 19.7 Å². The number of hydrogen-bond donors (Lipinski definition) is 2. The van der Waals surface area contributed by atoms with E-state index in [9.17, 15) is 19.1 Å². The minimum Gasteiger partial charge on any atom is -0.479 e. The van der Waals surface area contributed by atoms with Crippen molar-refractivity contribution < 1.29 is 19.1 Å². The quantitative estimate of drug-likeness (QED) is 0.880. The molecule has 0 saturated heterocycles. The second kappa shape index (κ2) is 6.87. The number of aryl methyl sites for hydroxylation is 3. The summed E-state index contributed by atoms with van der Waals surface area (Å²) in [6, 6.07) is 2.73. The van der Waals surface area contributed by atoms with Crippen LogP contribution in [0.1, 0.15) is 44.5 Å². The molecule has 0 saturated carbocycles. The lowest BCUT2D eigenvalue weighted by Gasteiger charge is -2.15. The number of hydrogen-bond acceptors (Lipinski definition) is 4. The van der Waals surface area contributed by atoms with Gasteiger partial charge in [-0.2, -0.15) is 0 Å². The number of rotatable bonds is 5. The third-order valence-corrected chi connectivity index (χ3v) is 4.69. The average Bonchev–Trinajstić information content (AvgIpc) is 2.88. The molecule has 0 bridgehead atoms. The zero-order valence-corrected chi connectivity index (χ0v) is 13.8. The Bertz CT molecular complexity index is 758. The molecule has 122 valence electrons. The molecule has 0 spiro atoms. The van der Waals surface area contributed by atoms with E-state index in [1.807, 2.05) is 6.92 Å². The number of amides is 1. The minimum absolute atomic E-state index is 0.322. The van der Waals surface area contributed by atoms with Gasteiger partial charge in [-0.05, 0) is 37.5 Å². The van der Waals surface area contributed by atoms with Crippen LogP contribution in [0.3, 0.4) is 0 Å². The van der Waals surface area contributed by atoms with E-state index in [0.29, 0.717) is 28.1 Å². The summed E-state index contributed by atoms with van der Waals surface area (Å²) in [6.07, 6.45) is 0.707. The van der Waals surface area contributed by atoms with Gasteiger partial charge in [-0.15, -0.1) is 11.3 Å². The van der Waals surface area contributed by atoms with Crippen LogP contribution >= 0.6 is 11.3 Å². The summed E-state index contributed by atoms with van der Waals surface area (Å²) in [5.74, 6) is -2.12. The summed E-state index contributed by atoms with van der Waals surface area (Å²) in [5, 5.41) is 12.7. The predicted molar refractivity (Wildman–Crippen MR) is 85.2 cm³/mol. The molecular weight excluding hydrogens is 319 g/mol. The monoisotopic (exact) mass is 336 g/mol. The van der Waals surface area contributed by atoms with Crippen LogP contribution < -0.4 is 5.32 Å². The minimum atomic E-state index is -1.24. The fourth-order valence-corrected chi connectivity index (χ4v) is 3.05. The highest BCUT2D eigenvalue weighted by Crippen LogP contribution is 2.21. The molecule has 2 N–H and O–H groups in total. The number of nitrogens with zero attached hydrogens (tertiary/aromatic N) is 1. The van der Waals surface area contributed by atoms with E-state index in [0.717, 1.165) is 5.01 Å². The molecule has 0 aliphatic heterocycles. The number of aliphatic carboxylic acids is 1. The number of carboxylic acid groups (broad SMARTS) is 1. The van der Waals surface area contributed by atoms with E-state index in [-0.39, 0.29) is 0 Å². The Kier molecular flexibility index (Phi) is 5.10. The molecule has 1 amide bonds. The third-order valence-electron chi connectivity index (χ3n) is 3.39. The summed E-state index contributed by atoms with van der Waals surface area (Å²) in [4.78, 5) is 28.5. The molecule has 1 heterocycles. The lowest BCUT2D eigenvalue weighted by molar-refractivity contribution is -0.139. The van der Waals surface area contributed by atoms with Crippen LogP contribution in [0.4, 0.5) is 4.39 Å². The standard InChI is InChI=1S/C16H17FN2O3S/c1-4-12-18-9(3)14(23-12)15(20)19-13(16(21)22)10-5-6-11(17)8(2)7-10/h5-7,13H,4H2,1-3H3,(H,19,20)(H,21,22). The van der Waals surface area contributed by atoms with Gasteiger partial charge in [0.1, 0.15) is 10.7 Å². The summed E-state index contributed by atoms with van der Waals surface area (Å²) < 4.78 is 13.3. The number of carbonyl (C=O) groups excluding carboxylic acids is 1. The Labute approximate surface area is 137 Å². The van der Waals surface area contributed by atoms with Crippen molar-refractivity contribution >= 4 is 23.2 Å². The van der Waals surface area contributed by atoms with Crippen molar-refractivity contribution in [3.8, 4) is 0 Å². The average molecular weight is 336 g/mol. The van der Waals surface area contributed by atoms with Gasteiger partial charge in [-0.25, -0.2) is 14.2 Å². The number of halogens is 1. The first kappa shape index (κ1) is 17.1. The Balaban J connectivity index is 2.28. The first-order chi connectivity index (χ1) is 10.8. The van der Waals surface area contributed by atoms with Crippen molar-refractivity contribution in [2.45, 2.75) is 33.2 Å². The molecule has 1 aromatic carbocycles. The molecule has 0 aliphatic carbocycles. The van der Waals surface area contributed by atoms with Crippen LogP contribution in [0.15, 0.2) is 18.2 Å². The molecule has 1 atom stereocenters. The molecular formula is C16H17FN2O3S. The Morgan fingerprint density at radius 3 is 2.61 bits per heavy atom. The van der Waals surface area contributed by atoms with Gasteiger partial charge in [-0.1, -0.05) is 19.1 Å². The summed E-state index contributed by atoms with van der Waals surface area (Å²) >= 11 is 1.25.